The van der Waals surface area contributed by atoms with E-state index >= 15 is 0 Å². The number of carbonyl (C=O) groups is 1. The van der Waals surface area contributed by atoms with Gasteiger partial charge in [-0.25, -0.2) is 4.39 Å². The van der Waals surface area contributed by atoms with E-state index in [-0.39, 0.29) is 22.6 Å². The number of alkyl halides is 1. The van der Waals surface area contributed by atoms with E-state index in [4.69, 9.17) is 23.8 Å². The van der Waals surface area contributed by atoms with Crippen LogP contribution in [-0.2, 0) is 4.79 Å². The van der Waals surface area contributed by atoms with Gasteiger partial charge in [-0.1, -0.05) is 12.2 Å². The largest absolute Gasteiger partial charge is 0.316 e. The van der Waals surface area contributed by atoms with E-state index in [0.717, 1.165) is 0 Å². The zero-order valence-electron chi connectivity index (χ0n) is 7.09. The second kappa shape index (κ2) is 5.02. The number of hydrogen-bond acceptors (Lipinski definition) is 2. The van der Waals surface area contributed by atoms with E-state index in [0.29, 0.717) is 5.56 Å². The standard InChI is InChI=1S/C9H7ClFNOS/c10-5-8(13)12-9(14)6-1-3-7(11)4-2-6/h1-4H,5H2,(H,12,13,14). The molecule has 2 nitrogen and oxygen atoms in total. The van der Waals surface area contributed by atoms with Crippen molar-refractivity contribution in [1.29, 1.82) is 0 Å². The molecule has 1 amide bonds. The molecule has 1 N–H and O–H groups in total. The fraction of sp³-hybridized carbons (Fsp3) is 0.111. The molecule has 0 aliphatic rings. The molecule has 0 radical (unpaired) electrons. The first-order valence-electron chi connectivity index (χ1n) is 3.79. The zero-order chi connectivity index (χ0) is 10.6. The highest BCUT2D eigenvalue weighted by Crippen LogP contribution is 2.03. The molecule has 0 saturated heterocycles. The smallest absolute Gasteiger partial charge is 0.239 e. The maximum absolute atomic E-state index is 12.5. The first-order valence-corrected chi connectivity index (χ1v) is 4.73. The topological polar surface area (TPSA) is 29.1 Å². The Labute approximate surface area is 91.1 Å². The lowest BCUT2D eigenvalue weighted by atomic mass is 10.2. The van der Waals surface area contributed by atoms with E-state index in [1.54, 1.807) is 0 Å². The summed E-state index contributed by atoms with van der Waals surface area (Å²) in [6.07, 6.45) is 0. The van der Waals surface area contributed by atoms with Gasteiger partial charge >= 0.3 is 0 Å². The molecule has 1 rings (SSSR count). The molecule has 0 saturated carbocycles. The fourth-order valence-electron chi connectivity index (χ4n) is 0.833. The van der Waals surface area contributed by atoms with Gasteiger partial charge in [0.2, 0.25) is 5.91 Å². The Hall–Kier alpha value is -1.00. The summed E-state index contributed by atoms with van der Waals surface area (Å²) >= 11 is 10.2. The maximum Gasteiger partial charge on any atom is 0.239 e. The highest BCUT2D eigenvalue weighted by atomic mass is 35.5. The molecule has 0 fully saturated rings. The monoisotopic (exact) mass is 231 g/mol. The Bertz CT molecular complexity index is 352. The first kappa shape index (κ1) is 11.1. The van der Waals surface area contributed by atoms with Crippen molar-refractivity contribution in [2.45, 2.75) is 0 Å². The van der Waals surface area contributed by atoms with Crippen LogP contribution in [0.4, 0.5) is 4.39 Å². The highest BCUT2D eigenvalue weighted by Gasteiger charge is 2.04. The third-order valence-corrected chi connectivity index (χ3v) is 2.06. The van der Waals surface area contributed by atoms with Gasteiger partial charge in [0, 0.05) is 5.56 Å². The van der Waals surface area contributed by atoms with Crippen LogP contribution >= 0.6 is 23.8 Å². The van der Waals surface area contributed by atoms with Crippen LogP contribution in [0.1, 0.15) is 5.56 Å². The van der Waals surface area contributed by atoms with E-state index in [9.17, 15) is 9.18 Å². The molecule has 0 atom stereocenters. The molecule has 74 valence electrons. The second-order valence-electron chi connectivity index (χ2n) is 2.52. The van der Waals surface area contributed by atoms with E-state index in [1.165, 1.54) is 24.3 Å². The van der Waals surface area contributed by atoms with Gasteiger partial charge in [-0.15, -0.1) is 11.6 Å². The van der Waals surface area contributed by atoms with Crippen molar-refractivity contribution in [2.75, 3.05) is 5.88 Å². The number of nitrogens with one attached hydrogen (secondary N) is 1. The van der Waals surface area contributed by atoms with Gasteiger partial charge in [0.25, 0.3) is 0 Å². The minimum atomic E-state index is -0.374. The van der Waals surface area contributed by atoms with Crippen molar-refractivity contribution in [2.24, 2.45) is 0 Å². The van der Waals surface area contributed by atoms with Crippen molar-refractivity contribution >= 4 is 34.7 Å². The van der Waals surface area contributed by atoms with Crippen molar-refractivity contribution < 1.29 is 9.18 Å². The van der Waals surface area contributed by atoms with E-state index < -0.39 is 0 Å². The Kier molecular flexibility index (Phi) is 3.98. The Morgan fingerprint density at radius 3 is 2.50 bits per heavy atom. The summed E-state index contributed by atoms with van der Waals surface area (Å²) in [6, 6.07) is 5.53. The number of carbonyl (C=O) groups excluding carboxylic acids is 1. The van der Waals surface area contributed by atoms with Crippen LogP contribution in [0.3, 0.4) is 0 Å². The van der Waals surface area contributed by atoms with Crippen molar-refractivity contribution in [3.63, 3.8) is 0 Å². The van der Waals surface area contributed by atoms with Crippen LogP contribution in [0.25, 0.3) is 0 Å². The molecular weight excluding hydrogens is 225 g/mol. The number of hydrogen-bond donors (Lipinski definition) is 1. The summed E-state index contributed by atoms with van der Waals surface area (Å²) in [4.78, 5) is 11.1. The quantitative estimate of drug-likeness (QED) is 0.622. The lowest BCUT2D eigenvalue weighted by Crippen LogP contribution is -2.30. The first-order chi connectivity index (χ1) is 6.63. The Morgan fingerprint density at radius 2 is 2.00 bits per heavy atom. The van der Waals surface area contributed by atoms with Crippen LogP contribution in [0.2, 0.25) is 0 Å². The predicted octanol–water partition coefficient (Wildman–Crippen LogP) is 1.86. The van der Waals surface area contributed by atoms with Gasteiger partial charge in [-0.2, -0.15) is 0 Å². The average Bonchev–Trinajstić information content (AvgIpc) is 2.18. The van der Waals surface area contributed by atoms with Crippen LogP contribution < -0.4 is 5.32 Å². The molecule has 0 bridgehead atoms. The van der Waals surface area contributed by atoms with Crippen LogP contribution in [0.15, 0.2) is 24.3 Å². The van der Waals surface area contributed by atoms with Crippen molar-refractivity contribution in [1.82, 2.24) is 5.32 Å². The number of halogens is 2. The van der Waals surface area contributed by atoms with Gasteiger partial charge in [0.05, 0.1) is 0 Å². The molecule has 5 heteroatoms. The summed E-state index contributed by atoms with van der Waals surface area (Å²) in [7, 11) is 0. The normalized spacial score (nSPS) is 9.57. The highest BCUT2D eigenvalue weighted by molar-refractivity contribution is 7.80. The fourth-order valence-corrected chi connectivity index (χ4v) is 1.15. The molecule has 14 heavy (non-hydrogen) atoms. The maximum atomic E-state index is 12.5. The van der Waals surface area contributed by atoms with Gasteiger partial charge in [-0.05, 0) is 24.3 Å². The summed E-state index contributed by atoms with van der Waals surface area (Å²) in [5.41, 5.74) is 0.583. The van der Waals surface area contributed by atoms with E-state index in [1.807, 2.05) is 0 Å². The number of amides is 1. The summed E-state index contributed by atoms with van der Waals surface area (Å²) < 4.78 is 12.5. The zero-order valence-corrected chi connectivity index (χ0v) is 8.66. The molecule has 0 spiro atoms. The van der Waals surface area contributed by atoms with Gasteiger partial charge in [0.1, 0.15) is 16.7 Å². The summed E-state index contributed by atoms with van der Waals surface area (Å²) in [5, 5.41) is 2.40. The lowest BCUT2D eigenvalue weighted by molar-refractivity contribution is -0.117. The summed E-state index contributed by atoms with van der Waals surface area (Å²) in [6.45, 7) is 0. The minimum absolute atomic E-state index is 0.151. The molecule has 0 aliphatic heterocycles. The predicted molar refractivity (Wildman–Crippen MR) is 57.0 cm³/mol. The Balaban J connectivity index is 2.70. The number of benzene rings is 1. The third-order valence-electron chi connectivity index (χ3n) is 1.48. The lowest BCUT2D eigenvalue weighted by Gasteiger charge is -2.04. The average molecular weight is 232 g/mol. The molecule has 1 aromatic carbocycles. The van der Waals surface area contributed by atoms with Crippen molar-refractivity contribution in [3.8, 4) is 0 Å². The molecule has 0 unspecified atom stereocenters. The van der Waals surface area contributed by atoms with E-state index in [2.05, 4.69) is 5.32 Å². The SMILES string of the molecule is O=C(CCl)NC(=S)c1ccc(F)cc1. The summed E-state index contributed by atoms with van der Waals surface area (Å²) in [5.74, 6) is -0.873. The van der Waals surface area contributed by atoms with Crippen LogP contribution in [-0.4, -0.2) is 16.8 Å². The Morgan fingerprint density at radius 1 is 1.43 bits per heavy atom. The van der Waals surface area contributed by atoms with Crippen LogP contribution in [0, 0.1) is 5.82 Å². The van der Waals surface area contributed by atoms with Crippen LogP contribution in [0.5, 0.6) is 0 Å². The second-order valence-corrected chi connectivity index (χ2v) is 3.19. The molecule has 0 heterocycles. The van der Waals surface area contributed by atoms with Gasteiger partial charge < -0.3 is 5.32 Å². The molecule has 1 aromatic rings. The third kappa shape index (κ3) is 3.05. The molecular formula is C9H7ClFNOS. The van der Waals surface area contributed by atoms with Gasteiger partial charge in [0.15, 0.2) is 0 Å². The number of rotatable bonds is 2. The van der Waals surface area contributed by atoms with Crippen molar-refractivity contribution in [3.05, 3.63) is 35.6 Å². The molecule has 0 aliphatic carbocycles. The number of thiocarbonyl (C=S) groups is 1. The van der Waals surface area contributed by atoms with Gasteiger partial charge in [-0.3, -0.25) is 4.79 Å². The molecule has 0 aromatic heterocycles. The minimum Gasteiger partial charge on any atom is -0.316 e.